The van der Waals surface area contributed by atoms with Crippen LogP contribution in [0.3, 0.4) is 0 Å². The Labute approximate surface area is 198 Å². The van der Waals surface area contributed by atoms with Gasteiger partial charge in [0, 0.05) is 50.2 Å². The average molecular weight is 513 g/mol. The van der Waals surface area contributed by atoms with Crippen LogP contribution in [0.2, 0.25) is 0 Å². The van der Waals surface area contributed by atoms with E-state index in [1.165, 1.54) is 16.5 Å². The summed E-state index contributed by atoms with van der Waals surface area (Å²) in [6, 6.07) is 1.55. The van der Waals surface area contributed by atoms with Gasteiger partial charge in [-0.15, -0.1) is 0 Å². The smallest absolute Gasteiger partial charge is 0.311 e. The van der Waals surface area contributed by atoms with Crippen molar-refractivity contribution in [2.45, 2.75) is 36.2 Å². The van der Waals surface area contributed by atoms with Gasteiger partial charge in [0.2, 0.25) is 10.0 Å². The van der Waals surface area contributed by atoms with Crippen LogP contribution in [0.4, 0.5) is 18.9 Å². The molecular formula is C21H22F3N5O5S. The normalized spacial score (nSPS) is 17.9. The van der Waals surface area contributed by atoms with Gasteiger partial charge >= 0.3 is 11.8 Å². The zero-order chi connectivity index (χ0) is 25.5. The molecule has 188 valence electrons. The summed E-state index contributed by atoms with van der Waals surface area (Å²) in [4.78, 5) is 36.7. The number of amides is 3. The van der Waals surface area contributed by atoms with Crippen molar-refractivity contribution in [3.63, 3.8) is 0 Å². The number of likely N-dealkylation sites (tertiary alicyclic amines) is 1. The van der Waals surface area contributed by atoms with Crippen LogP contribution in [-0.4, -0.2) is 61.8 Å². The van der Waals surface area contributed by atoms with Gasteiger partial charge in [0.05, 0.1) is 0 Å². The highest BCUT2D eigenvalue weighted by atomic mass is 32.2. The number of likely N-dealkylation sites (N-methyl/N-ethyl adjacent to an activating group) is 1. The Morgan fingerprint density at radius 1 is 1.06 bits per heavy atom. The number of aromatic nitrogens is 1. The maximum Gasteiger partial charge on any atom is 0.311 e. The Morgan fingerprint density at radius 2 is 1.77 bits per heavy atom. The third-order valence-corrected chi connectivity index (χ3v) is 7.29. The maximum absolute atomic E-state index is 15.4. The van der Waals surface area contributed by atoms with Crippen LogP contribution in [0.15, 0.2) is 29.3 Å². The van der Waals surface area contributed by atoms with Gasteiger partial charge in [0.25, 0.3) is 5.91 Å². The van der Waals surface area contributed by atoms with Crippen LogP contribution >= 0.6 is 0 Å². The average Bonchev–Trinajstić information content (AvgIpc) is 3.45. The van der Waals surface area contributed by atoms with E-state index < -0.39 is 61.8 Å². The minimum absolute atomic E-state index is 0.0834. The molecule has 2 aromatic rings. The Hall–Kier alpha value is -3.39. The van der Waals surface area contributed by atoms with Gasteiger partial charge < -0.3 is 20.1 Å². The number of hydrogen-bond acceptors (Lipinski definition) is 5. The molecule has 1 atom stereocenters. The van der Waals surface area contributed by atoms with Crippen molar-refractivity contribution >= 4 is 33.4 Å². The Kier molecular flexibility index (Phi) is 6.60. The summed E-state index contributed by atoms with van der Waals surface area (Å²) < 4.78 is 71.5. The molecular weight excluding hydrogens is 491 g/mol. The van der Waals surface area contributed by atoms with Crippen LogP contribution in [0.5, 0.6) is 0 Å². The Morgan fingerprint density at radius 3 is 2.40 bits per heavy atom. The summed E-state index contributed by atoms with van der Waals surface area (Å²) in [6.45, 7) is 0.0484. The highest BCUT2D eigenvalue weighted by molar-refractivity contribution is 7.89. The summed E-state index contributed by atoms with van der Waals surface area (Å²) in [5.74, 6) is -6.30. The van der Waals surface area contributed by atoms with E-state index in [1.54, 1.807) is 0 Å². The lowest BCUT2D eigenvalue weighted by atomic mass is 10.3. The first-order valence-electron chi connectivity index (χ1n) is 10.7. The third-order valence-electron chi connectivity index (χ3n) is 5.78. The molecule has 1 aliphatic heterocycles. The van der Waals surface area contributed by atoms with E-state index in [0.29, 0.717) is 12.8 Å². The molecule has 1 aromatic heterocycles. The van der Waals surface area contributed by atoms with Crippen molar-refractivity contribution < 1.29 is 36.0 Å². The number of sulfonamides is 1. The molecule has 2 fully saturated rings. The molecule has 1 saturated heterocycles. The Balaban J connectivity index is 1.56. The lowest BCUT2D eigenvalue weighted by molar-refractivity contribution is -0.144. The van der Waals surface area contributed by atoms with Crippen LogP contribution < -0.4 is 15.4 Å². The van der Waals surface area contributed by atoms with Crippen molar-refractivity contribution in [2.24, 2.45) is 0 Å². The van der Waals surface area contributed by atoms with Crippen LogP contribution in [0, 0.1) is 17.5 Å². The molecule has 1 aliphatic carbocycles. The van der Waals surface area contributed by atoms with Crippen molar-refractivity contribution in [2.75, 3.05) is 25.5 Å². The number of carbonyl (C=O) groups is 3. The van der Waals surface area contributed by atoms with E-state index in [0.717, 1.165) is 24.4 Å². The summed E-state index contributed by atoms with van der Waals surface area (Å²) in [5.41, 5.74) is -0.688. The molecule has 1 saturated carbocycles. The first kappa shape index (κ1) is 24.7. The Bertz CT molecular complexity index is 1310. The topological polar surface area (TPSA) is 130 Å². The molecule has 14 heteroatoms. The minimum atomic E-state index is -4.45. The largest absolute Gasteiger partial charge is 0.351 e. The molecule has 0 unspecified atom stereocenters. The molecule has 0 bridgehead atoms. The third kappa shape index (κ3) is 5.03. The van der Waals surface area contributed by atoms with E-state index >= 15 is 4.39 Å². The number of nitrogens with one attached hydrogen (secondary N) is 3. The molecule has 3 amide bonds. The van der Waals surface area contributed by atoms with Crippen molar-refractivity contribution in [1.82, 2.24) is 19.5 Å². The first-order chi connectivity index (χ1) is 16.5. The van der Waals surface area contributed by atoms with Crippen LogP contribution in [0.25, 0.3) is 0 Å². The van der Waals surface area contributed by atoms with Gasteiger partial charge in [-0.1, -0.05) is 0 Å². The van der Waals surface area contributed by atoms with Gasteiger partial charge in [-0.2, -0.15) is 0 Å². The van der Waals surface area contributed by atoms with Crippen molar-refractivity contribution in [1.29, 1.82) is 0 Å². The predicted molar refractivity (Wildman–Crippen MR) is 116 cm³/mol. The van der Waals surface area contributed by atoms with E-state index in [2.05, 4.69) is 15.4 Å². The van der Waals surface area contributed by atoms with E-state index in [9.17, 15) is 31.6 Å². The molecule has 10 nitrogen and oxygen atoms in total. The molecule has 0 spiro atoms. The SMILES string of the molecule is CNC(=O)C(=O)N1CC[C@@H](NS(=O)(=O)c2cn(C3CC3)c(C(=O)Nc3ccc(F)c(F)c3)c2F)C1. The second kappa shape index (κ2) is 9.34. The number of carbonyl (C=O) groups excluding carboxylic acids is 3. The van der Waals surface area contributed by atoms with E-state index in [4.69, 9.17) is 0 Å². The molecule has 2 heterocycles. The molecule has 1 aromatic carbocycles. The molecule has 4 rings (SSSR count). The minimum Gasteiger partial charge on any atom is -0.351 e. The summed E-state index contributed by atoms with van der Waals surface area (Å²) >= 11 is 0. The second-order valence-electron chi connectivity index (χ2n) is 8.31. The highest BCUT2D eigenvalue weighted by Crippen LogP contribution is 2.39. The molecule has 2 aliphatic rings. The molecule has 35 heavy (non-hydrogen) atoms. The van der Waals surface area contributed by atoms with Gasteiger partial charge in [0.15, 0.2) is 17.5 Å². The molecule has 3 N–H and O–H groups in total. The van der Waals surface area contributed by atoms with Crippen LogP contribution in [0.1, 0.15) is 35.8 Å². The number of benzene rings is 1. The number of halogens is 3. The fourth-order valence-electron chi connectivity index (χ4n) is 3.86. The van der Waals surface area contributed by atoms with Crippen molar-refractivity contribution in [3.8, 4) is 0 Å². The standard InChI is InChI=1S/C21H22F3N5O5S/c1-25-20(31)21(32)28-7-6-12(9-28)27-35(33,34)16-10-29(13-3-4-13)18(17(16)24)19(30)26-11-2-5-14(22)15(23)8-11/h2,5,8,10,12-13,27H,3-4,6-7,9H2,1H3,(H,25,31)(H,26,30)/t12-/m1/s1. The summed E-state index contributed by atoms with van der Waals surface area (Å²) in [5, 5.41) is 4.46. The first-order valence-corrected chi connectivity index (χ1v) is 12.2. The number of rotatable bonds is 6. The zero-order valence-corrected chi connectivity index (χ0v) is 19.3. The van der Waals surface area contributed by atoms with E-state index in [1.807, 2.05) is 0 Å². The monoisotopic (exact) mass is 513 g/mol. The van der Waals surface area contributed by atoms with Gasteiger partial charge in [0.1, 0.15) is 10.6 Å². The van der Waals surface area contributed by atoms with Crippen molar-refractivity contribution in [3.05, 3.63) is 47.5 Å². The number of hydrogen-bond donors (Lipinski definition) is 3. The fraction of sp³-hybridized carbons (Fsp3) is 0.381. The number of nitrogens with zero attached hydrogens (tertiary/aromatic N) is 2. The van der Waals surface area contributed by atoms with Gasteiger partial charge in [-0.3, -0.25) is 14.4 Å². The fourth-order valence-corrected chi connectivity index (χ4v) is 5.20. The highest BCUT2D eigenvalue weighted by Gasteiger charge is 2.38. The summed E-state index contributed by atoms with van der Waals surface area (Å²) in [6.07, 6.45) is 2.44. The quantitative estimate of drug-likeness (QED) is 0.499. The second-order valence-corrected chi connectivity index (χ2v) is 10.00. The lowest BCUT2D eigenvalue weighted by Crippen LogP contribution is -2.43. The maximum atomic E-state index is 15.4. The van der Waals surface area contributed by atoms with Crippen LogP contribution in [-0.2, 0) is 19.6 Å². The summed E-state index contributed by atoms with van der Waals surface area (Å²) in [7, 11) is -3.15. The van der Waals surface area contributed by atoms with E-state index in [-0.39, 0.29) is 31.2 Å². The zero-order valence-electron chi connectivity index (χ0n) is 18.5. The molecule has 0 radical (unpaired) electrons. The van der Waals surface area contributed by atoms with Gasteiger partial charge in [-0.25, -0.2) is 26.3 Å². The predicted octanol–water partition coefficient (Wildman–Crippen LogP) is 1.12. The lowest BCUT2D eigenvalue weighted by Gasteiger charge is -2.16. The number of anilines is 1. The van der Waals surface area contributed by atoms with Gasteiger partial charge in [-0.05, 0) is 31.4 Å².